The smallest absolute Gasteiger partial charge is 0.249 e. The Morgan fingerprint density at radius 2 is 1.50 bits per heavy atom. The van der Waals surface area contributed by atoms with Crippen molar-refractivity contribution in [2.45, 2.75) is 49.2 Å². The van der Waals surface area contributed by atoms with Crippen molar-refractivity contribution in [2.75, 3.05) is 5.32 Å². The Bertz CT molecular complexity index is 1750. The molecule has 0 spiro atoms. The lowest BCUT2D eigenvalue weighted by Gasteiger charge is -2.23. The Morgan fingerprint density at radius 1 is 0.825 bits per heavy atom. The van der Waals surface area contributed by atoms with Gasteiger partial charge in [0.05, 0.1) is 0 Å². The van der Waals surface area contributed by atoms with Gasteiger partial charge in [0.2, 0.25) is 15.8 Å². The van der Waals surface area contributed by atoms with Gasteiger partial charge in [-0.3, -0.25) is 0 Å². The molecule has 2 aliphatic rings. The van der Waals surface area contributed by atoms with Crippen molar-refractivity contribution in [3.8, 4) is 11.1 Å². The summed E-state index contributed by atoms with van der Waals surface area (Å²) in [6.45, 7) is -0.409. The van der Waals surface area contributed by atoms with Crippen molar-refractivity contribution in [3.05, 3.63) is 83.2 Å². The van der Waals surface area contributed by atoms with Gasteiger partial charge >= 0.3 is 0 Å². The van der Waals surface area contributed by atoms with Gasteiger partial charge in [0.25, 0.3) is 0 Å². The number of fused-ring (bicyclic) bond motifs is 1. The summed E-state index contributed by atoms with van der Waals surface area (Å²) in [5, 5.41) is 3.71. The molecule has 6 nitrogen and oxygen atoms in total. The lowest BCUT2D eigenvalue weighted by atomic mass is 10.0. The molecule has 2 saturated carbocycles. The third-order valence-corrected chi connectivity index (χ3v) is 8.82. The normalized spacial score (nSPS) is 15.7. The van der Waals surface area contributed by atoms with E-state index < -0.39 is 62.4 Å². The molecular weight excluding hydrogens is 558 g/mol. The molecule has 3 aromatic carbocycles. The number of hydrogen-bond donors (Lipinski definition) is 1. The van der Waals surface area contributed by atoms with Gasteiger partial charge in [-0.05, 0) is 60.6 Å². The lowest BCUT2D eigenvalue weighted by molar-refractivity contribution is 0.346. The van der Waals surface area contributed by atoms with Crippen molar-refractivity contribution in [3.63, 3.8) is 0 Å². The summed E-state index contributed by atoms with van der Waals surface area (Å²) >= 11 is 0. The van der Waals surface area contributed by atoms with E-state index in [0.717, 1.165) is 17.1 Å². The molecule has 1 heterocycles. The first-order valence-electron chi connectivity index (χ1n) is 12.4. The second-order valence-electron chi connectivity index (χ2n) is 9.88. The molecule has 208 valence electrons. The lowest BCUT2D eigenvalue weighted by Crippen LogP contribution is -2.34. The minimum Gasteiger partial charge on any atom is -0.367 e. The molecule has 0 atom stereocenters. The van der Waals surface area contributed by atoms with E-state index in [9.17, 15) is 30.4 Å². The van der Waals surface area contributed by atoms with Gasteiger partial charge in [0.1, 0.15) is 23.5 Å². The highest BCUT2D eigenvalue weighted by atomic mass is 32.2. The third kappa shape index (κ3) is 4.66. The number of nitrogens with zero attached hydrogens (tertiary/aromatic N) is 3. The van der Waals surface area contributed by atoms with E-state index >= 15 is 4.39 Å². The molecule has 0 saturated heterocycles. The number of sulfonamides is 1. The highest BCUT2D eigenvalue weighted by Crippen LogP contribution is 2.38. The van der Waals surface area contributed by atoms with Crippen LogP contribution >= 0.6 is 0 Å². The molecule has 1 N–H and O–H groups in total. The van der Waals surface area contributed by atoms with Crippen molar-refractivity contribution in [1.29, 1.82) is 0 Å². The van der Waals surface area contributed by atoms with Crippen LogP contribution in [0.25, 0.3) is 22.0 Å². The predicted octanol–water partition coefficient (Wildman–Crippen LogP) is 6.06. The van der Waals surface area contributed by atoms with Gasteiger partial charge in [0, 0.05) is 24.0 Å². The van der Waals surface area contributed by atoms with Crippen LogP contribution in [0.2, 0.25) is 0 Å². The molecule has 2 aliphatic carbocycles. The summed E-state index contributed by atoms with van der Waals surface area (Å²) < 4.78 is 112. The summed E-state index contributed by atoms with van der Waals surface area (Å²) in [5.41, 5.74) is 1.44. The third-order valence-electron chi connectivity index (χ3n) is 6.90. The van der Waals surface area contributed by atoms with Crippen molar-refractivity contribution >= 4 is 26.7 Å². The Kier molecular flexibility index (Phi) is 6.45. The number of benzene rings is 3. The van der Waals surface area contributed by atoms with Gasteiger partial charge in [-0.25, -0.2) is 44.7 Å². The molecule has 1 aromatic heterocycles. The monoisotopic (exact) mass is 578 g/mol. The van der Waals surface area contributed by atoms with E-state index in [4.69, 9.17) is 0 Å². The largest absolute Gasteiger partial charge is 0.367 e. The highest BCUT2D eigenvalue weighted by Gasteiger charge is 2.43. The Labute approximate surface area is 224 Å². The number of halogens is 6. The van der Waals surface area contributed by atoms with Gasteiger partial charge < -0.3 is 5.32 Å². The maximum atomic E-state index is 15.0. The Morgan fingerprint density at radius 3 is 2.15 bits per heavy atom. The number of nitrogens with one attached hydrogen (secondary N) is 1. The van der Waals surface area contributed by atoms with E-state index in [1.54, 1.807) is 30.3 Å². The zero-order chi connectivity index (χ0) is 28.3. The molecule has 2 fully saturated rings. The molecular formula is C27H20F6N4O2S. The average molecular weight is 579 g/mol. The maximum absolute atomic E-state index is 15.0. The predicted molar refractivity (Wildman–Crippen MR) is 134 cm³/mol. The van der Waals surface area contributed by atoms with E-state index in [1.807, 2.05) is 0 Å². The molecule has 0 radical (unpaired) electrons. The van der Waals surface area contributed by atoms with Crippen molar-refractivity contribution in [2.24, 2.45) is 0 Å². The summed E-state index contributed by atoms with van der Waals surface area (Å²) in [7, 11) is -5.13. The molecule has 0 bridgehead atoms. The minimum atomic E-state index is -5.13. The molecule has 0 unspecified atom stereocenters. The van der Waals surface area contributed by atoms with Crippen LogP contribution in [0.4, 0.5) is 32.2 Å². The van der Waals surface area contributed by atoms with Gasteiger partial charge in [-0.15, -0.1) is 0 Å². The van der Waals surface area contributed by atoms with Gasteiger partial charge in [-0.1, -0.05) is 18.2 Å². The first-order chi connectivity index (χ1) is 19.1. The second kappa shape index (κ2) is 9.73. The summed E-state index contributed by atoms with van der Waals surface area (Å²) in [6, 6.07) is 8.92. The van der Waals surface area contributed by atoms with E-state index in [-0.39, 0.29) is 11.6 Å². The first kappa shape index (κ1) is 26.5. The fourth-order valence-corrected chi connectivity index (χ4v) is 6.35. The first-order valence-corrected chi connectivity index (χ1v) is 13.8. The Balaban J connectivity index is 1.37. The molecule has 4 aromatic rings. The fourth-order valence-electron chi connectivity index (χ4n) is 4.56. The van der Waals surface area contributed by atoms with E-state index in [1.165, 1.54) is 12.4 Å². The summed E-state index contributed by atoms with van der Waals surface area (Å²) in [6.07, 6.45) is 3.91. The number of hydrogen-bond acceptors (Lipinski definition) is 5. The quantitative estimate of drug-likeness (QED) is 0.156. The zero-order valence-corrected chi connectivity index (χ0v) is 21.4. The van der Waals surface area contributed by atoms with E-state index in [2.05, 4.69) is 15.3 Å². The molecule has 6 rings (SSSR count). The topological polar surface area (TPSA) is 75.2 Å². The summed E-state index contributed by atoms with van der Waals surface area (Å²) in [4.78, 5) is 6.38. The fraction of sp³-hybridized carbons (Fsp3) is 0.259. The van der Waals surface area contributed by atoms with Crippen LogP contribution in [0.15, 0.2) is 47.6 Å². The van der Waals surface area contributed by atoms with Crippen molar-refractivity contribution < 1.29 is 34.8 Å². The van der Waals surface area contributed by atoms with Crippen LogP contribution in [0.1, 0.15) is 31.2 Å². The van der Waals surface area contributed by atoms with Crippen LogP contribution in [0.5, 0.6) is 0 Å². The molecule has 13 heteroatoms. The SMILES string of the molecule is O=S(=O)(c1c(F)c(F)c(F)c(F)c1F)N(Cc1cccc(-c2cc(F)c3ncnc(NC4CC4)c3c2)c1)C1CC1. The molecule has 0 amide bonds. The standard InChI is InChI=1S/C27H20F6N4O2S/c28-19-10-15(9-18-25(19)34-12-35-27(18)36-16-4-5-16)14-3-1-2-13(8-14)11-37(17-6-7-17)40(38,39)26-23(32)21(30)20(29)22(31)24(26)33/h1-3,8-10,12,16-17H,4-7,11H2,(H,34,35,36). The number of aromatic nitrogens is 2. The van der Waals surface area contributed by atoms with Crippen LogP contribution in [-0.4, -0.2) is 34.8 Å². The minimum absolute atomic E-state index is 0.131. The molecule has 40 heavy (non-hydrogen) atoms. The average Bonchev–Trinajstić information content (AvgIpc) is 3.86. The van der Waals surface area contributed by atoms with Crippen LogP contribution < -0.4 is 5.32 Å². The number of rotatable bonds is 8. The van der Waals surface area contributed by atoms with Crippen LogP contribution in [0, 0.1) is 34.9 Å². The number of anilines is 1. The zero-order valence-electron chi connectivity index (χ0n) is 20.6. The molecule has 0 aliphatic heterocycles. The van der Waals surface area contributed by atoms with Gasteiger partial charge in [-0.2, -0.15) is 4.31 Å². The second-order valence-corrected chi connectivity index (χ2v) is 11.7. The van der Waals surface area contributed by atoms with Crippen LogP contribution in [0.3, 0.4) is 0 Å². The maximum Gasteiger partial charge on any atom is 0.249 e. The van der Waals surface area contributed by atoms with Crippen molar-refractivity contribution in [1.82, 2.24) is 14.3 Å². The van der Waals surface area contributed by atoms with Crippen LogP contribution in [-0.2, 0) is 16.6 Å². The highest BCUT2D eigenvalue weighted by molar-refractivity contribution is 7.89. The summed E-state index contributed by atoms with van der Waals surface area (Å²) in [5.74, 6) is -12.1. The Hall–Kier alpha value is -3.71. The van der Waals surface area contributed by atoms with E-state index in [0.29, 0.717) is 40.7 Å². The van der Waals surface area contributed by atoms with Gasteiger partial charge in [0.15, 0.2) is 28.2 Å².